The first-order chi connectivity index (χ1) is 9.45. The lowest BCUT2D eigenvalue weighted by Gasteiger charge is -2.30. The van der Waals surface area contributed by atoms with E-state index in [2.05, 4.69) is 20.7 Å². The number of ether oxygens (including phenoxy) is 2. The SMILES string of the molecule is COC(=O)C1CN(S(=O)(=O)c2cccc(Br)c2)CCO1. The van der Waals surface area contributed by atoms with Crippen molar-refractivity contribution in [3.05, 3.63) is 28.7 Å². The Hall–Kier alpha value is -0.960. The van der Waals surface area contributed by atoms with E-state index in [0.717, 1.165) is 0 Å². The average molecular weight is 364 g/mol. The van der Waals surface area contributed by atoms with Crippen LogP contribution in [0.3, 0.4) is 0 Å². The molecule has 0 aromatic heterocycles. The minimum absolute atomic E-state index is 0.0402. The molecule has 2 rings (SSSR count). The van der Waals surface area contributed by atoms with Crippen LogP contribution < -0.4 is 0 Å². The Morgan fingerprint density at radius 1 is 1.50 bits per heavy atom. The number of carbonyl (C=O) groups excluding carboxylic acids is 1. The van der Waals surface area contributed by atoms with E-state index in [0.29, 0.717) is 4.47 Å². The fourth-order valence-electron chi connectivity index (χ4n) is 1.89. The summed E-state index contributed by atoms with van der Waals surface area (Å²) >= 11 is 3.24. The van der Waals surface area contributed by atoms with Crippen molar-refractivity contribution in [1.29, 1.82) is 0 Å². The zero-order valence-corrected chi connectivity index (χ0v) is 13.2. The van der Waals surface area contributed by atoms with Gasteiger partial charge in [0.2, 0.25) is 10.0 Å². The average Bonchev–Trinajstić information content (AvgIpc) is 2.46. The molecule has 0 bridgehead atoms. The quantitative estimate of drug-likeness (QED) is 0.749. The molecule has 6 nitrogen and oxygen atoms in total. The maximum atomic E-state index is 12.5. The van der Waals surface area contributed by atoms with Crippen LogP contribution >= 0.6 is 15.9 Å². The van der Waals surface area contributed by atoms with Crippen molar-refractivity contribution in [2.45, 2.75) is 11.0 Å². The first kappa shape index (κ1) is 15.4. The van der Waals surface area contributed by atoms with Crippen molar-refractivity contribution in [3.8, 4) is 0 Å². The monoisotopic (exact) mass is 363 g/mol. The van der Waals surface area contributed by atoms with Crippen molar-refractivity contribution >= 4 is 31.9 Å². The Bertz CT molecular complexity index is 604. The molecule has 0 radical (unpaired) electrons. The van der Waals surface area contributed by atoms with Crippen LogP contribution in [0.1, 0.15) is 0 Å². The van der Waals surface area contributed by atoms with E-state index >= 15 is 0 Å². The highest BCUT2D eigenvalue weighted by Crippen LogP contribution is 2.22. The lowest BCUT2D eigenvalue weighted by atomic mass is 10.3. The van der Waals surface area contributed by atoms with E-state index in [1.807, 2.05) is 0 Å². The molecule has 0 amide bonds. The van der Waals surface area contributed by atoms with Crippen molar-refractivity contribution in [3.63, 3.8) is 0 Å². The summed E-state index contributed by atoms with van der Waals surface area (Å²) in [6.07, 6.45) is -0.879. The Morgan fingerprint density at radius 2 is 2.25 bits per heavy atom. The largest absolute Gasteiger partial charge is 0.467 e. The van der Waals surface area contributed by atoms with Crippen LogP contribution in [-0.2, 0) is 24.3 Å². The lowest BCUT2D eigenvalue weighted by molar-refractivity contribution is -0.157. The molecule has 1 fully saturated rings. The van der Waals surface area contributed by atoms with Gasteiger partial charge in [-0.15, -0.1) is 0 Å². The molecule has 1 unspecified atom stereocenters. The topological polar surface area (TPSA) is 72.9 Å². The predicted molar refractivity (Wildman–Crippen MR) is 74.7 cm³/mol. The van der Waals surface area contributed by atoms with Gasteiger partial charge in [0.25, 0.3) is 0 Å². The Balaban J connectivity index is 2.23. The Kier molecular flexibility index (Phi) is 4.79. The molecule has 1 atom stereocenters. The summed E-state index contributed by atoms with van der Waals surface area (Å²) in [4.78, 5) is 11.6. The van der Waals surface area contributed by atoms with Crippen molar-refractivity contribution < 1.29 is 22.7 Å². The van der Waals surface area contributed by atoms with Crippen LogP contribution in [0.2, 0.25) is 0 Å². The lowest BCUT2D eigenvalue weighted by Crippen LogP contribution is -2.48. The summed E-state index contributed by atoms with van der Waals surface area (Å²) in [6, 6.07) is 6.44. The number of esters is 1. The Morgan fingerprint density at radius 3 is 2.90 bits per heavy atom. The van der Waals surface area contributed by atoms with Crippen LogP contribution in [0.5, 0.6) is 0 Å². The van der Waals surface area contributed by atoms with Gasteiger partial charge in [-0.05, 0) is 18.2 Å². The number of hydrogen-bond donors (Lipinski definition) is 0. The van der Waals surface area contributed by atoms with Crippen LogP contribution in [-0.4, -0.2) is 51.6 Å². The third kappa shape index (κ3) is 3.20. The molecule has 1 aliphatic heterocycles. The molecule has 1 saturated heterocycles. The molecule has 1 aromatic carbocycles. The number of halogens is 1. The fraction of sp³-hybridized carbons (Fsp3) is 0.417. The summed E-state index contributed by atoms with van der Waals surface area (Å²) in [5, 5.41) is 0. The van der Waals surface area contributed by atoms with Gasteiger partial charge in [0, 0.05) is 11.0 Å². The van der Waals surface area contributed by atoms with Crippen LogP contribution in [0.4, 0.5) is 0 Å². The molecule has 110 valence electrons. The summed E-state index contributed by atoms with van der Waals surface area (Å²) in [5.41, 5.74) is 0. The summed E-state index contributed by atoms with van der Waals surface area (Å²) in [6.45, 7) is 0.330. The van der Waals surface area contributed by atoms with Crippen molar-refractivity contribution in [2.75, 3.05) is 26.8 Å². The molecule has 0 N–H and O–H groups in total. The van der Waals surface area contributed by atoms with Crippen molar-refractivity contribution in [1.82, 2.24) is 4.31 Å². The van der Waals surface area contributed by atoms with E-state index in [4.69, 9.17) is 4.74 Å². The maximum Gasteiger partial charge on any atom is 0.336 e. The molecule has 0 spiro atoms. The summed E-state index contributed by atoms with van der Waals surface area (Å²) in [7, 11) is -2.40. The first-order valence-corrected chi connectivity index (χ1v) is 8.13. The Labute approximate surface area is 125 Å². The number of hydrogen-bond acceptors (Lipinski definition) is 5. The second kappa shape index (κ2) is 6.21. The summed E-state index contributed by atoms with van der Waals surface area (Å²) in [5.74, 6) is -0.570. The van der Waals surface area contributed by atoms with E-state index in [9.17, 15) is 13.2 Å². The molecule has 1 heterocycles. The highest BCUT2D eigenvalue weighted by molar-refractivity contribution is 9.10. The maximum absolute atomic E-state index is 12.5. The van der Waals surface area contributed by atoms with Gasteiger partial charge in [-0.2, -0.15) is 4.31 Å². The number of rotatable bonds is 3. The van der Waals surface area contributed by atoms with Gasteiger partial charge >= 0.3 is 5.97 Å². The minimum atomic E-state index is -3.64. The molecule has 20 heavy (non-hydrogen) atoms. The standard InChI is InChI=1S/C12H14BrNO5S/c1-18-12(15)11-8-14(5-6-19-11)20(16,17)10-4-2-3-9(13)7-10/h2-4,7,11H,5-6,8H2,1H3. The molecule has 0 saturated carbocycles. The highest BCUT2D eigenvalue weighted by atomic mass is 79.9. The number of morpholine rings is 1. The zero-order valence-electron chi connectivity index (χ0n) is 10.8. The summed E-state index contributed by atoms with van der Waals surface area (Å²) < 4.78 is 36.7. The molecule has 1 aliphatic rings. The first-order valence-electron chi connectivity index (χ1n) is 5.90. The normalized spacial score (nSPS) is 20.6. The fourth-order valence-corrected chi connectivity index (χ4v) is 3.92. The van der Waals surface area contributed by atoms with Gasteiger partial charge in [-0.1, -0.05) is 22.0 Å². The van der Waals surface area contributed by atoms with Crippen LogP contribution in [0, 0.1) is 0 Å². The third-order valence-corrected chi connectivity index (χ3v) is 5.28. The van der Waals surface area contributed by atoms with Crippen molar-refractivity contribution in [2.24, 2.45) is 0 Å². The second-order valence-corrected chi connectivity index (χ2v) is 7.06. The highest BCUT2D eigenvalue weighted by Gasteiger charge is 2.34. The van der Waals surface area contributed by atoms with Gasteiger partial charge in [0.05, 0.1) is 25.2 Å². The minimum Gasteiger partial charge on any atom is -0.467 e. The second-order valence-electron chi connectivity index (χ2n) is 4.20. The zero-order chi connectivity index (χ0) is 14.8. The molecule has 8 heteroatoms. The van der Waals surface area contributed by atoms with Crippen LogP contribution in [0.15, 0.2) is 33.6 Å². The number of sulfonamides is 1. The number of carbonyl (C=O) groups is 1. The van der Waals surface area contributed by atoms with E-state index < -0.39 is 22.1 Å². The molecule has 1 aromatic rings. The number of benzene rings is 1. The van der Waals surface area contributed by atoms with Gasteiger partial charge in [-0.3, -0.25) is 0 Å². The van der Waals surface area contributed by atoms with E-state index in [1.54, 1.807) is 12.1 Å². The van der Waals surface area contributed by atoms with Gasteiger partial charge in [0.15, 0.2) is 6.10 Å². The number of methoxy groups -OCH3 is 1. The van der Waals surface area contributed by atoms with Gasteiger partial charge < -0.3 is 9.47 Å². The van der Waals surface area contributed by atoms with Crippen LogP contribution in [0.25, 0.3) is 0 Å². The van der Waals surface area contributed by atoms with Gasteiger partial charge in [0.1, 0.15) is 0 Å². The van der Waals surface area contributed by atoms with Gasteiger partial charge in [-0.25, -0.2) is 13.2 Å². The smallest absolute Gasteiger partial charge is 0.336 e. The molecule has 0 aliphatic carbocycles. The molecular formula is C12H14BrNO5S. The van der Waals surface area contributed by atoms with E-state index in [1.165, 1.54) is 23.5 Å². The third-order valence-electron chi connectivity index (χ3n) is 2.93. The van der Waals surface area contributed by atoms with E-state index in [-0.39, 0.29) is 24.6 Å². The number of nitrogens with zero attached hydrogens (tertiary/aromatic N) is 1. The predicted octanol–water partition coefficient (Wildman–Crippen LogP) is 1.01. The molecular weight excluding hydrogens is 350 g/mol.